The maximum atomic E-state index is 11.6. The lowest BCUT2D eigenvalue weighted by Crippen LogP contribution is -2.51. The highest BCUT2D eigenvalue weighted by molar-refractivity contribution is 5.58. The molecule has 4 rings (SSSR count). The number of aromatic nitrogens is 2. The first-order valence-corrected chi connectivity index (χ1v) is 11.7. The Bertz CT molecular complexity index is 782. The van der Waals surface area contributed by atoms with Crippen LogP contribution < -0.4 is 5.32 Å². The zero-order chi connectivity index (χ0) is 21.5. The Morgan fingerprint density at radius 1 is 1.29 bits per heavy atom. The van der Waals surface area contributed by atoms with Gasteiger partial charge in [-0.15, -0.1) is 0 Å². The summed E-state index contributed by atoms with van der Waals surface area (Å²) in [6.07, 6.45) is 11.9. The molecule has 1 aliphatic heterocycles. The summed E-state index contributed by atoms with van der Waals surface area (Å²) in [6, 6.07) is 10.4. The van der Waals surface area contributed by atoms with Crippen LogP contribution in [0.15, 0.2) is 42.9 Å². The van der Waals surface area contributed by atoms with Crippen LogP contribution in [0.3, 0.4) is 0 Å². The molecule has 6 nitrogen and oxygen atoms in total. The molecular weight excluding hydrogens is 388 g/mol. The largest absolute Gasteiger partial charge is 0.372 e. The number of carbonyl (C=O) groups excluding carboxylic acids is 1. The number of hydrogen-bond donors (Lipinski definition) is 2. The smallest absolute Gasteiger partial charge is 0.137 e. The monoisotopic (exact) mass is 424 g/mol. The van der Waals surface area contributed by atoms with Crippen molar-refractivity contribution in [2.24, 2.45) is 11.8 Å². The summed E-state index contributed by atoms with van der Waals surface area (Å²) in [7, 11) is 2.20. The molecule has 0 bridgehead atoms. The van der Waals surface area contributed by atoms with Crippen molar-refractivity contribution in [3.63, 3.8) is 0 Å². The summed E-state index contributed by atoms with van der Waals surface area (Å²) in [5.41, 5.74) is 2.31. The van der Waals surface area contributed by atoms with E-state index in [4.69, 9.17) is 4.74 Å². The Morgan fingerprint density at radius 3 is 2.90 bits per heavy atom. The maximum absolute atomic E-state index is 11.6. The second-order valence-corrected chi connectivity index (χ2v) is 9.35. The number of nitrogens with one attached hydrogen (secondary N) is 2. The summed E-state index contributed by atoms with van der Waals surface area (Å²) in [5.74, 6) is 1.40. The molecule has 31 heavy (non-hydrogen) atoms. The first-order valence-electron chi connectivity index (χ1n) is 11.7. The van der Waals surface area contributed by atoms with Gasteiger partial charge in [0.25, 0.3) is 0 Å². The van der Waals surface area contributed by atoms with E-state index in [2.05, 4.69) is 57.6 Å². The van der Waals surface area contributed by atoms with Crippen LogP contribution in [0, 0.1) is 11.8 Å². The molecule has 1 aromatic heterocycles. The number of carbonyl (C=O) groups is 1. The lowest BCUT2D eigenvalue weighted by molar-refractivity contribution is -0.127. The van der Waals surface area contributed by atoms with Gasteiger partial charge >= 0.3 is 0 Å². The van der Waals surface area contributed by atoms with Crippen LogP contribution in [-0.2, 0) is 22.5 Å². The van der Waals surface area contributed by atoms with Gasteiger partial charge in [-0.05, 0) is 43.7 Å². The molecule has 1 aromatic carbocycles. The molecule has 2 fully saturated rings. The van der Waals surface area contributed by atoms with Crippen molar-refractivity contribution in [2.75, 3.05) is 20.1 Å². The number of rotatable bonds is 10. The molecule has 0 radical (unpaired) electrons. The Morgan fingerprint density at radius 2 is 2.13 bits per heavy atom. The molecule has 2 N–H and O–H groups in total. The fourth-order valence-corrected chi connectivity index (χ4v) is 5.42. The number of benzene rings is 1. The highest BCUT2D eigenvalue weighted by Gasteiger charge is 2.40. The Kier molecular flexibility index (Phi) is 7.89. The molecular formula is C25H36N4O2. The minimum absolute atomic E-state index is 0.165. The number of fused-ring (bicyclic) bond motifs is 1. The SMILES string of the molecule is CN(Cc1ccccc1)C[C@H]1OC(CN[C@H](C=O)Cc2cnc[nH]2)C[C@H]2CCCC[C@@H]21. The highest BCUT2D eigenvalue weighted by atomic mass is 16.5. The summed E-state index contributed by atoms with van der Waals surface area (Å²) in [6.45, 7) is 2.62. The predicted molar refractivity (Wildman–Crippen MR) is 122 cm³/mol. The van der Waals surface area contributed by atoms with Crippen LogP contribution >= 0.6 is 0 Å². The van der Waals surface area contributed by atoms with Crippen LogP contribution in [0.25, 0.3) is 0 Å². The zero-order valence-electron chi connectivity index (χ0n) is 18.6. The van der Waals surface area contributed by atoms with Crippen LogP contribution in [0.5, 0.6) is 0 Å². The van der Waals surface area contributed by atoms with Gasteiger partial charge in [0.1, 0.15) is 6.29 Å². The van der Waals surface area contributed by atoms with Crippen molar-refractivity contribution >= 4 is 6.29 Å². The van der Waals surface area contributed by atoms with E-state index < -0.39 is 0 Å². The van der Waals surface area contributed by atoms with Gasteiger partial charge in [0.05, 0.1) is 24.6 Å². The third kappa shape index (κ3) is 6.25. The zero-order valence-corrected chi connectivity index (χ0v) is 18.6. The third-order valence-electron chi connectivity index (χ3n) is 6.93. The molecule has 1 aliphatic carbocycles. The van der Waals surface area contributed by atoms with Gasteiger partial charge in [-0.1, -0.05) is 43.2 Å². The van der Waals surface area contributed by atoms with E-state index in [0.29, 0.717) is 12.3 Å². The van der Waals surface area contributed by atoms with Crippen molar-refractivity contribution in [2.45, 2.75) is 63.3 Å². The van der Waals surface area contributed by atoms with Crippen LogP contribution in [-0.4, -0.2) is 59.5 Å². The van der Waals surface area contributed by atoms with Crippen molar-refractivity contribution in [1.29, 1.82) is 0 Å². The Hall–Kier alpha value is -2.02. The number of aldehydes is 1. The molecule has 2 aromatic rings. The van der Waals surface area contributed by atoms with E-state index in [1.54, 1.807) is 12.5 Å². The topological polar surface area (TPSA) is 70.2 Å². The summed E-state index contributed by atoms with van der Waals surface area (Å²) in [4.78, 5) is 21.1. The standard InChI is InChI=1S/C25H36N4O2/c1-29(15-19-7-3-2-4-8-19)16-25-24-10-6-5-9-20(24)11-23(31-25)14-27-22(17-30)12-21-13-26-18-28-21/h2-4,7-8,13,17-18,20,22-25,27H,5-6,9-12,14-16H2,1H3,(H,26,28)/t20-,22+,23?,24+,25-/m1/s1. The first-order chi connectivity index (χ1) is 15.2. The molecule has 1 saturated carbocycles. The van der Waals surface area contributed by atoms with Gasteiger partial charge in [0, 0.05) is 37.9 Å². The molecule has 0 spiro atoms. The van der Waals surface area contributed by atoms with E-state index in [-0.39, 0.29) is 18.2 Å². The summed E-state index contributed by atoms with van der Waals surface area (Å²) < 4.78 is 6.65. The molecule has 2 heterocycles. The van der Waals surface area contributed by atoms with Crippen molar-refractivity contribution in [3.05, 3.63) is 54.1 Å². The minimum Gasteiger partial charge on any atom is -0.372 e. The molecule has 2 aliphatic rings. The van der Waals surface area contributed by atoms with E-state index in [1.165, 1.54) is 31.2 Å². The number of nitrogens with zero attached hydrogens (tertiary/aromatic N) is 2. The second kappa shape index (κ2) is 11.0. The van der Waals surface area contributed by atoms with Gasteiger partial charge in [-0.2, -0.15) is 0 Å². The van der Waals surface area contributed by atoms with Crippen LogP contribution in [0.4, 0.5) is 0 Å². The van der Waals surface area contributed by atoms with E-state index in [1.807, 2.05) is 0 Å². The lowest BCUT2D eigenvalue weighted by atomic mass is 9.71. The predicted octanol–water partition coefficient (Wildman–Crippen LogP) is 3.21. The fraction of sp³-hybridized carbons (Fsp3) is 0.600. The molecule has 1 unspecified atom stereocenters. The van der Waals surface area contributed by atoms with Crippen molar-refractivity contribution in [1.82, 2.24) is 20.2 Å². The van der Waals surface area contributed by atoms with E-state index >= 15 is 0 Å². The van der Waals surface area contributed by atoms with Gasteiger partial charge in [0.2, 0.25) is 0 Å². The number of imidazole rings is 1. The quantitative estimate of drug-likeness (QED) is 0.573. The fourth-order valence-electron chi connectivity index (χ4n) is 5.42. The van der Waals surface area contributed by atoms with E-state index in [9.17, 15) is 4.79 Å². The molecule has 5 atom stereocenters. The van der Waals surface area contributed by atoms with Crippen molar-refractivity contribution in [3.8, 4) is 0 Å². The summed E-state index contributed by atoms with van der Waals surface area (Å²) in [5, 5.41) is 3.43. The van der Waals surface area contributed by atoms with Crippen molar-refractivity contribution < 1.29 is 9.53 Å². The average molecular weight is 425 g/mol. The lowest BCUT2D eigenvalue weighted by Gasteiger charge is -2.46. The number of likely N-dealkylation sites (N-methyl/N-ethyl adjacent to an activating group) is 1. The van der Waals surface area contributed by atoms with Crippen LogP contribution in [0.1, 0.15) is 43.4 Å². The average Bonchev–Trinajstić information content (AvgIpc) is 3.30. The van der Waals surface area contributed by atoms with Gasteiger partial charge in [-0.25, -0.2) is 4.98 Å². The number of aromatic amines is 1. The Labute approximate surface area is 185 Å². The third-order valence-corrected chi connectivity index (χ3v) is 6.93. The molecule has 1 saturated heterocycles. The maximum Gasteiger partial charge on any atom is 0.137 e. The summed E-state index contributed by atoms with van der Waals surface area (Å²) >= 11 is 0. The first kappa shape index (κ1) is 22.2. The number of hydrogen-bond acceptors (Lipinski definition) is 5. The Balaban J connectivity index is 1.34. The van der Waals surface area contributed by atoms with Gasteiger partial charge in [0.15, 0.2) is 0 Å². The van der Waals surface area contributed by atoms with Crippen LogP contribution in [0.2, 0.25) is 0 Å². The number of H-pyrrole nitrogens is 1. The molecule has 0 amide bonds. The highest BCUT2D eigenvalue weighted by Crippen LogP contribution is 2.41. The van der Waals surface area contributed by atoms with Gasteiger partial charge < -0.3 is 19.8 Å². The number of ether oxygens (including phenoxy) is 1. The normalized spacial score (nSPS) is 27.0. The van der Waals surface area contributed by atoms with E-state index in [0.717, 1.165) is 44.0 Å². The molecule has 6 heteroatoms. The second-order valence-electron chi connectivity index (χ2n) is 9.35. The molecule has 168 valence electrons. The minimum atomic E-state index is -0.215. The van der Waals surface area contributed by atoms with Gasteiger partial charge in [-0.3, -0.25) is 4.90 Å².